The molecular formula is C13H10F4N4O3. The molecule has 1 aromatic carbocycles. The SMILES string of the molecule is Cc1nn(CCC(=O)Nc2c(F)c(F)cc(F)c2F)cc1[N+](=O)[O-]. The minimum atomic E-state index is -1.73. The number of hydrogen-bond acceptors (Lipinski definition) is 4. The molecular weight excluding hydrogens is 336 g/mol. The normalized spacial score (nSPS) is 10.7. The first-order valence-corrected chi connectivity index (χ1v) is 6.52. The molecule has 128 valence electrons. The second-order valence-electron chi connectivity index (χ2n) is 4.76. The molecule has 0 aliphatic carbocycles. The fourth-order valence-electron chi connectivity index (χ4n) is 1.90. The highest BCUT2D eigenvalue weighted by Crippen LogP contribution is 2.24. The van der Waals surface area contributed by atoms with Crippen molar-refractivity contribution in [2.45, 2.75) is 19.9 Å². The average Bonchev–Trinajstić information content (AvgIpc) is 2.89. The van der Waals surface area contributed by atoms with Crippen LogP contribution in [0.15, 0.2) is 12.3 Å². The molecule has 7 nitrogen and oxygen atoms in total. The Kier molecular flexibility index (Phi) is 4.81. The van der Waals surface area contributed by atoms with E-state index in [1.54, 1.807) is 5.32 Å². The maximum absolute atomic E-state index is 13.4. The number of aromatic nitrogens is 2. The number of carbonyl (C=O) groups is 1. The van der Waals surface area contributed by atoms with Gasteiger partial charge in [-0.05, 0) is 6.92 Å². The molecule has 11 heteroatoms. The maximum Gasteiger partial charge on any atom is 0.309 e. The first kappa shape index (κ1) is 17.4. The predicted octanol–water partition coefficient (Wildman–Crippen LogP) is 2.68. The molecule has 0 atom stereocenters. The van der Waals surface area contributed by atoms with Crippen molar-refractivity contribution < 1.29 is 27.3 Å². The Labute approximate surface area is 132 Å². The largest absolute Gasteiger partial charge is 0.321 e. The van der Waals surface area contributed by atoms with Crippen LogP contribution in [0.3, 0.4) is 0 Å². The summed E-state index contributed by atoms with van der Waals surface area (Å²) < 4.78 is 54.0. The van der Waals surface area contributed by atoms with Gasteiger partial charge in [0.2, 0.25) is 5.91 Å². The molecule has 1 amide bonds. The number of aryl methyl sites for hydroxylation is 2. The van der Waals surface area contributed by atoms with Crippen molar-refractivity contribution in [1.29, 1.82) is 0 Å². The molecule has 24 heavy (non-hydrogen) atoms. The van der Waals surface area contributed by atoms with Crippen molar-refractivity contribution in [1.82, 2.24) is 9.78 Å². The van der Waals surface area contributed by atoms with E-state index in [2.05, 4.69) is 5.10 Å². The third-order valence-corrected chi connectivity index (χ3v) is 3.06. The lowest BCUT2D eigenvalue weighted by Crippen LogP contribution is -2.17. The summed E-state index contributed by atoms with van der Waals surface area (Å²) in [5.41, 5.74) is -1.36. The Balaban J connectivity index is 2.07. The van der Waals surface area contributed by atoms with E-state index in [4.69, 9.17) is 0 Å². The molecule has 2 rings (SSSR count). The molecule has 0 spiro atoms. The van der Waals surface area contributed by atoms with Gasteiger partial charge in [-0.15, -0.1) is 0 Å². The van der Waals surface area contributed by atoms with E-state index in [0.29, 0.717) is 0 Å². The van der Waals surface area contributed by atoms with Crippen LogP contribution >= 0.6 is 0 Å². The maximum atomic E-state index is 13.4. The van der Waals surface area contributed by atoms with Gasteiger partial charge in [-0.2, -0.15) is 5.10 Å². The first-order valence-electron chi connectivity index (χ1n) is 6.52. The standard InChI is InChI=1S/C13H10F4N4O3/c1-6-9(21(23)24)5-20(19-6)3-2-10(22)18-13-11(16)7(14)4-8(15)12(13)17/h4-5H,2-3H2,1H3,(H,18,22). The summed E-state index contributed by atoms with van der Waals surface area (Å²) >= 11 is 0. The van der Waals surface area contributed by atoms with E-state index >= 15 is 0 Å². The molecule has 0 unspecified atom stereocenters. The third kappa shape index (κ3) is 3.50. The number of rotatable bonds is 5. The van der Waals surface area contributed by atoms with E-state index < -0.39 is 39.8 Å². The number of anilines is 1. The van der Waals surface area contributed by atoms with E-state index in [0.717, 1.165) is 10.9 Å². The van der Waals surface area contributed by atoms with Gasteiger partial charge >= 0.3 is 5.69 Å². The Bertz CT molecular complexity index is 796. The summed E-state index contributed by atoms with van der Waals surface area (Å²) in [5, 5.41) is 16.2. The van der Waals surface area contributed by atoms with Gasteiger partial charge in [0, 0.05) is 19.0 Å². The molecule has 0 saturated heterocycles. The molecule has 1 heterocycles. The Morgan fingerprint density at radius 3 is 2.38 bits per heavy atom. The number of carbonyl (C=O) groups excluding carboxylic acids is 1. The summed E-state index contributed by atoms with van der Waals surface area (Å²) in [6.07, 6.45) is 0.709. The number of benzene rings is 1. The number of nitrogens with one attached hydrogen (secondary N) is 1. The summed E-state index contributed by atoms with van der Waals surface area (Å²) in [4.78, 5) is 21.7. The zero-order valence-electron chi connectivity index (χ0n) is 12.1. The number of halogens is 4. The highest BCUT2D eigenvalue weighted by Gasteiger charge is 2.21. The molecule has 0 aliphatic heterocycles. The van der Waals surface area contributed by atoms with E-state index in [1.807, 2.05) is 0 Å². The number of amides is 1. The van der Waals surface area contributed by atoms with E-state index in [1.165, 1.54) is 6.92 Å². The smallest absolute Gasteiger partial charge is 0.309 e. The van der Waals surface area contributed by atoms with Crippen LogP contribution in [0.25, 0.3) is 0 Å². The van der Waals surface area contributed by atoms with Crippen LogP contribution in [0.4, 0.5) is 28.9 Å². The van der Waals surface area contributed by atoms with Gasteiger partial charge in [0.15, 0.2) is 23.3 Å². The van der Waals surface area contributed by atoms with Crippen LogP contribution in [0, 0.1) is 40.3 Å². The zero-order chi connectivity index (χ0) is 18.0. The monoisotopic (exact) mass is 346 g/mol. The second-order valence-corrected chi connectivity index (χ2v) is 4.76. The lowest BCUT2D eigenvalue weighted by molar-refractivity contribution is -0.385. The van der Waals surface area contributed by atoms with E-state index in [-0.39, 0.29) is 30.4 Å². The lowest BCUT2D eigenvalue weighted by atomic mass is 10.2. The zero-order valence-corrected chi connectivity index (χ0v) is 12.1. The Morgan fingerprint density at radius 1 is 1.29 bits per heavy atom. The Morgan fingerprint density at radius 2 is 1.88 bits per heavy atom. The van der Waals surface area contributed by atoms with Crippen LogP contribution in [-0.2, 0) is 11.3 Å². The molecule has 0 fully saturated rings. The summed E-state index contributed by atoms with van der Waals surface area (Å²) in [7, 11) is 0. The summed E-state index contributed by atoms with van der Waals surface area (Å²) in [6.45, 7) is 1.26. The average molecular weight is 346 g/mol. The fraction of sp³-hybridized carbons (Fsp3) is 0.231. The van der Waals surface area contributed by atoms with Crippen molar-refractivity contribution in [2.24, 2.45) is 0 Å². The van der Waals surface area contributed by atoms with Crippen LogP contribution in [0.5, 0.6) is 0 Å². The van der Waals surface area contributed by atoms with Gasteiger partial charge in [-0.25, -0.2) is 17.6 Å². The van der Waals surface area contributed by atoms with Crippen molar-refractivity contribution in [3.8, 4) is 0 Å². The number of nitrogens with zero attached hydrogens (tertiary/aromatic N) is 3. The molecule has 0 radical (unpaired) electrons. The van der Waals surface area contributed by atoms with Gasteiger partial charge in [-0.1, -0.05) is 0 Å². The van der Waals surface area contributed by atoms with Crippen molar-refractivity contribution in [3.63, 3.8) is 0 Å². The number of hydrogen-bond donors (Lipinski definition) is 1. The molecule has 0 bridgehead atoms. The quantitative estimate of drug-likeness (QED) is 0.390. The Hall–Kier alpha value is -2.98. The third-order valence-electron chi connectivity index (χ3n) is 3.06. The molecule has 0 saturated carbocycles. The highest BCUT2D eigenvalue weighted by atomic mass is 19.2. The van der Waals surface area contributed by atoms with Crippen LogP contribution in [0.1, 0.15) is 12.1 Å². The predicted molar refractivity (Wildman–Crippen MR) is 73.1 cm³/mol. The molecule has 1 aromatic heterocycles. The van der Waals surface area contributed by atoms with Gasteiger partial charge < -0.3 is 5.32 Å². The number of nitro groups is 1. The van der Waals surface area contributed by atoms with Gasteiger partial charge in [0.1, 0.15) is 17.6 Å². The van der Waals surface area contributed by atoms with Crippen molar-refractivity contribution in [3.05, 3.63) is 51.3 Å². The first-order chi connectivity index (χ1) is 11.2. The van der Waals surface area contributed by atoms with Crippen molar-refractivity contribution in [2.75, 3.05) is 5.32 Å². The highest BCUT2D eigenvalue weighted by molar-refractivity contribution is 5.90. The van der Waals surface area contributed by atoms with Gasteiger partial charge in [0.25, 0.3) is 0 Å². The van der Waals surface area contributed by atoms with Crippen LogP contribution < -0.4 is 5.32 Å². The topological polar surface area (TPSA) is 90.1 Å². The minimum Gasteiger partial charge on any atom is -0.321 e. The van der Waals surface area contributed by atoms with Crippen LogP contribution in [0.2, 0.25) is 0 Å². The van der Waals surface area contributed by atoms with Gasteiger partial charge in [0.05, 0.1) is 4.92 Å². The van der Waals surface area contributed by atoms with E-state index in [9.17, 15) is 32.5 Å². The molecule has 0 aliphatic rings. The molecule has 1 N–H and O–H groups in total. The van der Waals surface area contributed by atoms with Gasteiger partial charge in [-0.3, -0.25) is 19.6 Å². The molecule has 2 aromatic rings. The summed E-state index contributed by atoms with van der Waals surface area (Å²) in [6, 6.07) is 0.0198. The van der Waals surface area contributed by atoms with Crippen molar-refractivity contribution >= 4 is 17.3 Å². The van der Waals surface area contributed by atoms with Crippen LogP contribution in [-0.4, -0.2) is 20.6 Å². The lowest BCUT2D eigenvalue weighted by Gasteiger charge is -2.09. The fourth-order valence-corrected chi connectivity index (χ4v) is 1.90. The minimum absolute atomic E-state index is 0.0198. The second kappa shape index (κ2) is 6.64. The summed E-state index contributed by atoms with van der Waals surface area (Å²) in [5.74, 6) is -7.71.